The third-order valence-electron chi connectivity index (χ3n) is 21.1. The van der Waals surface area contributed by atoms with E-state index in [0.717, 1.165) is 0 Å². The van der Waals surface area contributed by atoms with Gasteiger partial charge >= 0.3 is 0 Å². The van der Waals surface area contributed by atoms with Crippen LogP contribution in [0.5, 0.6) is 0 Å². The van der Waals surface area contributed by atoms with Crippen LogP contribution in [-0.2, 0) is 21.7 Å². The van der Waals surface area contributed by atoms with Gasteiger partial charge in [-0.25, -0.2) is 0 Å². The van der Waals surface area contributed by atoms with Crippen LogP contribution in [0.1, 0.15) is 294 Å². The quantitative estimate of drug-likeness (QED) is 0.0400. The maximum absolute atomic E-state index is 2.73. The van der Waals surface area contributed by atoms with Crippen LogP contribution in [0.25, 0.3) is 22.3 Å². The zero-order valence-electron chi connectivity index (χ0n) is 50.9. The Bertz CT molecular complexity index is 2510. The summed E-state index contributed by atoms with van der Waals surface area (Å²) in [6.45, 7) is 29.1. The average molecular weight is 1020 g/mol. The number of hydrogen-bond acceptors (Lipinski definition) is 1. The third-order valence-corrected chi connectivity index (χ3v) is 21.1. The van der Waals surface area contributed by atoms with E-state index >= 15 is 0 Å². The van der Waals surface area contributed by atoms with Gasteiger partial charge in [-0.2, -0.15) is 0 Å². The van der Waals surface area contributed by atoms with Crippen LogP contribution in [0, 0.1) is 19.3 Å². The van der Waals surface area contributed by atoms with E-state index in [9.17, 15) is 0 Å². The van der Waals surface area contributed by atoms with Gasteiger partial charge in [0.05, 0.1) is 0 Å². The Morgan fingerprint density at radius 3 is 0.921 bits per heavy atom. The standard InChI is InChI=1S/C75H107N/c1-13-17-21-25-29-33-47-74(48-34-30-26-22-18-14-2)66-51-56(5)37-42-61(66)63-44-39-58(53-68(63)74)76(60-41-46-65-70(55-60)72(9,10)73(11,12)71(65,7)8)59-40-45-64-62-43-38-57(6)52-67(62)75(69(64)54-59,49-35-31-27-23-19-15-3)50-36-32-28-24-20-16-4/h37-46,51-55H,13-36,47-50H2,1-12H3. The van der Waals surface area contributed by atoms with E-state index in [1.807, 2.05) is 0 Å². The Kier molecular flexibility index (Phi) is 19.4. The summed E-state index contributed by atoms with van der Waals surface area (Å²) in [6.07, 6.45) is 36.9. The van der Waals surface area contributed by atoms with Gasteiger partial charge in [0.15, 0.2) is 0 Å². The fraction of sp³-hybridized carbons (Fsp3) is 0.600. The van der Waals surface area contributed by atoms with Crippen LogP contribution in [-0.4, -0.2) is 0 Å². The van der Waals surface area contributed by atoms with Crippen LogP contribution in [0.2, 0.25) is 0 Å². The van der Waals surface area contributed by atoms with E-state index in [-0.39, 0.29) is 27.1 Å². The number of hydrogen-bond donors (Lipinski definition) is 0. The highest BCUT2D eigenvalue weighted by atomic mass is 15.1. The lowest BCUT2D eigenvalue weighted by molar-refractivity contribution is 0.125. The van der Waals surface area contributed by atoms with E-state index in [2.05, 4.69) is 179 Å². The Hall–Kier alpha value is -4.10. The highest BCUT2D eigenvalue weighted by molar-refractivity contribution is 5.89. The Labute approximate surface area is 467 Å². The van der Waals surface area contributed by atoms with Gasteiger partial charge < -0.3 is 4.90 Å². The Morgan fingerprint density at radius 1 is 0.289 bits per heavy atom. The molecule has 0 saturated heterocycles. The van der Waals surface area contributed by atoms with Crippen molar-refractivity contribution in [3.05, 3.63) is 136 Å². The molecule has 412 valence electrons. The van der Waals surface area contributed by atoms with Crippen molar-refractivity contribution in [1.29, 1.82) is 0 Å². The molecule has 0 N–H and O–H groups in total. The third kappa shape index (κ3) is 11.4. The van der Waals surface area contributed by atoms with Gasteiger partial charge in [-0.3, -0.25) is 0 Å². The summed E-state index contributed by atoms with van der Waals surface area (Å²) in [6, 6.07) is 38.3. The molecule has 0 unspecified atom stereocenters. The molecule has 1 nitrogen and oxygen atoms in total. The van der Waals surface area contributed by atoms with Gasteiger partial charge in [-0.1, -0.05) is 289 Å². The lowest BCUT2D eigenvalue weighted by Crippen LogP contribution is -2.42. The highest BCUT2D eigenvalue weighted by Gasteiger charge is 2.57. The summed E-state index contributed by atoms with van der Waals surface area (Å²) in [5.74, 6) is 0. The maximum atomic E-state index is 2.73. The molecule has 1 heteroatoms. The Morgan fingerprint density at radius 2 is 0.566 bits per heavy atom. The first-order valence-electron chi connectivity index (χ1n) is 32.1. The average Bonchev–Trinajstić information content (AvgIpc) is 3.99. The van der Waals surface area contributed by atoms with Crippen LogP contribution >= 0.6 is 0 Å². The summed E-state index contributed by atoms with van der Waals surface area (Å²) < 4.78 is 0. The molecule has 5 aromatic rings. The van der Waals surface area contributed by atoms with Gasteiger partial charge in [-0.05, 0) is 148 Å². The molecule has 0 heterocycles. The molecule has 0 bridgehead atoms. The second-order valence-corrected chi connectivity index (χ2v) is 26.7. The molecule has 0 spiro atoms. The number of unbranched alkanes of at least 4 members (excludes halogenated alkanes) is 20. The van der Waals surface area contributed by atoms with Gasteiger partial charge in [0.2, 0.25) is 0 Å². The summed E-state index contributed by atoms with van der Waals surface area (Å²) in [5, 5.41) is 0. The molecule has 3 aliphatic carbocycles. The van der Waals surface area contributed by atoms with Crippen molar-refractivity contribution in [2.75, 3.05) is 4.90 Å². The zero-order chi connectivity index (χ0) is 54.1. The smallest absolute Gasteiger partial charge is 0.0465 e. The summed E-state index contributed by atoms with van der Waals surface area (Å²) >= 11 is 0. The van der Waals surface area contributed by atoms with Gasteiger partial charge in [0, 0.05) is 27.9 Å². The molecule has 0 aromatic heterocycles. The fourth-order valence-electron chi connectivity index (χ4n) is 15.3. The van der Waals surface area contributed by atoms with Gasteiger partial charge in [-0.15, -0.1) is 0 Å². The van der Waals surface area contributed by atoms with Gasteiger partial charge in [0.1, 0.15) is 0 Å². The molecule has 0 atom stereocenters. The van der Waals surface area contributed by atoms with Crippen molar-refractivity contribution >= 4 is 17.1 Å². The summed E-state index contributed by atoms with van der Waals surface area (Å²) in [7, 11) is 0. The predicted molar refractivity (Wildman–Crippen MR) is 335 cm³/mol. The minimum Gasteiger partial charge on any atom is -0.310 e. The summed E-state index contributed by atoms with van der Waals surface area (Å²) in [5.41, 5.74) is 22.2. The second kappa shape index (κ2) is 25.3. The lowest BCUT2D eigenvalue weighted by atomic mass is 9.59. The summed E-state index contributed by atoms with van der Waals surface area (Å²) in [4.78, 5) is 2.73. The molecule has 8 rings (SSSR count). The molecule has 0 amide bonds. The van der Waals surface area contributed by atoms with Crippen molar-refractivity contribution in [2.45, 2.75) is 285 Å². The second-order valence-electron chi connectivity index (χ2n) is 26.7. The van der Waals surface area contributed by atoms with Crippen molar-refractivity contribution in [3.8, 4) is 22.3 Å². The van der Waals surface area contributed by atoms with Crippen molar-refractivity contribution in [1.82, 2.24) is 0 Å². The molecule has 76 heavy (non-hydrogen) atoms. The minimum absolute atomic E-state index is 0.00268. The number of nitrogens with zero attached hydrogens (tertiary/aromatic N) is 1. The van der Waals surface area contributed by atoms with Gasteiger partial charge in [0.25, 0.3) is 0 Å². The zero-order valence-corrected chi connectivity index (χ0v) is 50.9. The molecule has 0 radical (unpaired) electrons. The van der Waals surface area contributed by atoms with Crippen molar-refractivity contribution < 1.29 is 0 Å². The Balaban J connectivity index is 1.31. The predicted octanol–water partition coefficient (Wildman–Crippen LogP) is 23.9. The maximum Gasteiger partial charge on any atom is 0.0465 e. The van der Waals surface area contributed by atoms with E-state index in [0.29, 0.717) is 0 Å². The van der Waals surface area contributed by atoms with E-state index < -0.39 is 0 Å². The number of fused-ring (bicyclic) bond motifs is 7. The molecule has 5 aromatic carbocycles. The first-order chi connectivity index (χ1) is 36.6. The number of anilines is 3. The molecule has 3 aliphatic rings. The largest absolute Gasteiger partial charge is 0.310 e. The number of aryl methyl sites for hydroxylation is 2. The lowest BCUT2D eigenvalue weighted by Gasteiger charge is -2.44. The van der Waals surface area contributed by atoms with E-state index in [1.165, 1.54) is 241 Å². The van der Waals surface area contributed by atoms with Crippen molar-refractivity contribution in [3.63, 3.8) is 0 Å². The fourth-order valence-corrected chi connectivity index (χ4v) is 15.3. The van der Waals surface area contributed by atoms with Crippen LogP contribution in [0.4, 0.5) is 17.1 Å². The number of benzene rings is 5. The minimum atomic E-state index is -0.00475. The molecular formula is C75H107N. The van der Waals surface area contributed by atoms with Crippen LogP contribution in [0.15, 0.2) is 91.0 Å². The first kappa shape index (κ1) is 58.1. The SMILES string of the molecule is CCCCCCCCC1(CCCCCCCC)c2cc(C)ccc2-c2ccc(N(c3ccc4c(c3)C(CCCCCCCC)(CCCCCCCC)c3cc(C)ccc3-4)c3ccc4c(c3)C(C)(C)C(C)(C)C4(C)C)cc21. The highest BCUT2D eigenvalue weighted by Crippen LogP contribution is 2.63. The molecular weight excluding hydrogens is 915 g/mol. The van der Waals surface area contributed by atoms with E-state index in [1.54, 1.807) is 22.3 Å². The topological polar surface area (TPSA) is 3.24 Å². The molecule has 0 fully saturated rings. The number of rotatable bonds is 31. The monoisotopic (exact) mass is 1020 g/mol. The van der Waals surface area contributed by atoms with Crippen molar-refractivity contribution in [2.24, 2.45) is 5.41 Å². The molecule has 0 saturated carbocycles. The van der Waals surface area contributed by atoms with Crippen LogP contribution in [0.3, 0.4) is 0 Å². The normalized spacial score (nSPS) is 16.6. The van der Waals surface area contributed by atoms with E-state index in [4.69, 9.17) is 0 Å². The first-order valence-corrected chi connectivity index (χ1v) is 32.1. The molecule has 0 aliphatic heterocycles. The van der Waals surface area contributed by atoms with Crippen LogP contribution < -0.4 is 4.90 Å².